The Morgan fingerprint density at radius 1 is 1.19 bits per heavy atom. The van der Waals surface area contributed by atoms with Crippen LogP contribution >= 0.6 is 0 Å². The van der Waals surface area contributed by atoms with Gasteiger partial charge in [0.25, 0.3) is 5.91 Å². The summed E-state index contributed by atoms with van der Waals surface area (Å²) in [6.45, 7) is 3.57. The standard InChI is InChI=1S/C21H22F3NO2/c1-3-13(2)7-14-5-4-6-16(8-14)25-11-18-17(20(25)27)9-15(12-26)10-19(18)21(22,23)24/h4-6,8-10,13,26H,3,7,11-12H2,1-2H3/t13-/m1/s1. The molecule has 0 fully saturated rings. The summed E-state index contributed by atoms with van der Waals surface area (Å²) in [5, 5.41) is 9.28. The molecule has 144 valence electrons. The van der Waals surface area contributed by atoms with Crippen molar-refractivity contribution in [3.63, 3.8) is 0 Å². The van der Waals surface area contributed by atoms with Gasteiger partial charge in [-0.25, -0.2) is 0 Å². The molecular formula is C21H22F3NO2. The number of anilines is 1. The Kier molecular flexibility index (Phi) is 5.29. The van der Waals surface area contributed by atoms with Gasteiger partial charge in [0.1, 0.15) is 0 Å². The van der Waals surface area contributed by atoms with E-state index in [1.807, 2.05) is 18.2 Å². The van der Waals surface area contributed by atoms with Crippen molar-refractivity contribution in [2.24, 2.45) is 5.92 Å². The number of carbonyl (C=O) groups is 1. The van der Waals surface area contributed by atoms with Crippen molar-refractivity contribution in [2.45, 2.75) is 46.0 Å². The number of hydrogen-bond donors (Lipinski definition) is 1. The Hall–Kier alpha value is -2.34. The van der Waals surface area contributed by atoms with E-state index in [0.717, 1.165) is 24.5 Å². The number of aliphatic hydroxyl groups excluding tert-OH is 1. The lowest BCUT2D eigenvalue weighted by atomic mass is 9.98. The number of nitrogens with zero attached hydrogens (tertiary/aromatic N) is 1. The van der Waals surface area contributed by atoms with Crippen LogP contribution in [-0.4, -0.2) is 11.0 Å². The fraction of sp³-hybridized carbons (Fsp3) is 0.381. The summed E-state index contributed by atoms with van der Waals surface area (Å²) >= 11 is 0. The van der Waals surface area contributed by atoms with Gasteiger partial charge in [0, 0.05) is 11.3 Å². The zero-order valence-corrected chi connectivity index (χ0v) is 15.3. The molecule has 2 aromatic carbocycles. The quantitative estimate of drug-likeness (QED) is 0.801. The molecule has 6 heteroatoms. The molecule has 1 aliphatic heterocycles. The average Bonchev–Trinajstić information content (AvgIpc) is 2.97. The van der Waals surface area contributed by atoms with E-state index in [9.17, 15) is 23.1 Å². The molecule has 2 aromatic rings. The number of carbonyl (C=O) groups excluding carboxylic acids is 1. The smallest absolute Gasteiger partial charge is 0.392 e. The minimum atomic E-state index is -4.58. The number of aliphatic hydroxyl groups is 1. The highest BCUT2D eigenvalue weighted by molar-refractivity contribution is 6.10. The third-order valence-electron chi connectivity index (χ3n) is 5.09. The summed E-state index contributed by atoms with van der Waals surface area (Å²) in [6, 6.07) is 9.69. The maximum absolute atomic E-state index is 13.5. The van der Waals surface area contributed by atoms with E-state index >= 15 is 0 Å². The van der Waals surface area contributed by atoms with Gasteiger partial charge in [-0.15, -0.1) is 0 Å². The molecule has 0 radical (unpaired) electrons. The zero-order chi connectivity index (χ0) is 19.8. The van der Waals surface area contributed by atoms with Gasteiger partial charge in [-0.2, -0.15) is 13.2 Å². The van der Waals surface area contributed by atoms with Crippen LogP contribution in [-0.2, 0) is 25.7 Å². The van der Waals surface area contributed by atoms with Crippen LogP contribution in [0.5, 0.6) is 0 Å². The first-order valence-electron chi connectivity index (χ1n) is 8.99. The second kappa shape index (κ2) is 7.35. The summed E-state index contributed by atoms with van der Waals surface area (Å²) in [5.41, 5.74) is 0.865. The van der Waals surface area contributed by atoms with Crippen LogP contribution in [0.1, 0.15) is 52.9 Å². The van der Waals surface area contributed by atoms with E-state index in [1.165, 1.54) is 11.0 Å². The Morgan fingerprint density at radius 2 is 1.93 bits per heavy atom. The fourth-order valence-electron chi connectivity index (χ4n) is 3.42. The molecular weight excluding hydrogens is 355 g/mol. The first-order chi connectivity index (χ1) is 12.7. The third kappa shape index (κ3) is 3.86. The predicted octanol–water partition coefficient (Wildman–Crippen LogP) is 4.95. The van der Waals surface area contributed by atoms with Crippen molar-refractivity contribution in [1.29, 1.82) is 0 Å². The van der Waals surface area contributed by atoms with Gasteiger partial charge < -0.3 is 10.0 Å². The van der Waals surface area contributed by atoms with E-state index in [-0.39, 0.29) is 23.2 Å². The van der Waals surface area contributed by atoms with Crippen LogP contribution in [0.15, 0.2) is 36.4 Å². The molecule has 3 rings (SSSR count). The predicted molar refractivity (Wildman–Crippen MR) is 97.5 cm³/mol. The second-order valence-electron chi connectivity index (χ2n) is 7.10. The SMILES string of the molecule is CC[C@@H](C)Cc1cccc(N2Cc3c(cc(CO)cc3C(F)(F)F)C2=O)c1. The number of halogens is 3. The Balaban J connectivity index is 1.99. The zero-order valence-electron chi connectivity index (χ0n) is 15.3. The van der Waals surface area contributed by atoms with Crippen LogP contribution in [0.2, 0.25) is 0 Å². The lowest BCUT2D eigenvalue weighted by Crippen LogP contribution is -2.23. The first-order valence-corrected chi connectivity index (χ1v) is 8.99. The van der Waals surface area contributed by atoms with Crippen LogP contribution in [0.25, 0.3) is 0 Å². The lowest BCUT2D eigenvalue weighted by molar-refractivity contribution is -0.138. The molecule has 0 bridgehead atoms. The third-order valence-corrected chi connectivity index (χ3v) is 5.09. The highest BCUT2D eigenvalue weighted by Gasteiger charge is 2.40. The number of fused-ring (bicyclic) bond motifs is 1. The molecule has 1 amide bonds. The van der Waals surface area contributed by atoms with E-state index in [1.54, 1.807) is 6.07 Å². The van der Waals surface area contributed by atoms with Crippen LogP contribution in [0.4, 0.5) is 18.9 Å². The molecule has 1 N–H and O–H groups in total. The number of rotatable bonds is 5. The van der Waals surface area contributed by atoms with Crippen molar-refractivity contribution in [2.75, 3.05) is 4.90 Å². The highest BCUT2D eigenvalue weighted by atomic mass is 19.4. The molecule has 27 heavy (non-hydrogen) atoms. The number of amides is 1. The molecule has 1 heterocycles. The lowest BCUT2D eigenvalue weighted by Gasteiger charge is -2.18. The van der Waals surface area contributed by atoms with Crippen molar-refractivity contribution in [3.05, 3.63) is 64.2 Å². The number of alkyl halides is 3. The molecule has 0 aromatic heterocycles. The van der Waals surface area contributed by atoms with Gasteiger partial charge in [-0.05, 0) is 53.3 Å². The van der Waals surface area contributed by atoms with Gasteiger partial charge in [0.15, 0.2) is 0 Å². The van der Waals surface area contributed by atoms with Crippen LogP contribution < -0.4 is 4.90 Å². The summed E-state index contributed by atoms with van der Waals surface area (Å²) in [6.07, 6.45) is -2.71. The van der Waals surface area contributed by atoms with Gasteiger partial charge in [-0.3, -0.25) is 4.79 Å². The van der Waals surface area contributed by atoms with Crippen molar-refractivity contribution < 1.29 is 23.1 Å². The first kappa shape index (κ1) is 19.4. The van der Waals surface area contributed by atoms with E-state index in [4.69, 9.17) is 0 Å². The Bertz CT molecular complexity index is 861. The molecule has 1 aliphatic rings. The van der Waals surface area contributed by atoms with E-state index < -0.39 is 24.3 Å². The second-order valence-corrected chi connectivity index (χ2v) is 7.10. The fourth-order valence-corrected chi connectivity index (χ4v) is 3.42. The van der Waals surface area contributed by atoms with Crippen molar-refractivity contribution in [1.82, 2.24) is 0 Å². The number of benzene rings is 2. The molecule has 0 spiro atoms. The maximum atomic E-state index is 13.5. The van der Waals surface area contributed by atoms with Gasteiger partial charge in [0.2, 0.25) is 0 Å². The summed E-state index contributed by atoms with van der Waals surface area (Å²) < 4.78 is 40.4. The molecule has 0 aliphatic carbocycles. The number of hydrogen-bond acceptors (Lipinski definition) is 2. The topological polar surface area (TPSA) is 40.5 Å². The Morgan fingerprint density at radius 3 is 2.56 bits per heavy atom. The minimum absolute atomic E-state index is 0.0150. The molecule has 3 nitrogen and oxygen atoms in total. The summed E-state index contributed by atoms with van der Waals surface area (Å²) in [5.74, 6) is 0.0159. The van der Waals surface area contributed by atoms with Crippen LogP contribution in [0, 0.1) is 5.92 Å². The van der Waals surface area contributed by atoms with E-state index in [2.05, 4.69) is 13.8 Å². The molecule has 0 unspecified atom stereocenters. The van der Waals surface area contributed by atoms with Gasteiger partial charge in [-0.1, -0.05) is 32.4 Å². The minimum Gasteiger partial charge on any atom is -0.392 e. The monoisotopic (exact) mass is 377 g/mol. The largest absolute Gasteiger partial charge is 0.416 e. The van der Waals surface area contributed by atoms with Gasteiger partial charge in [0.05, 0.1) is 18.7 Å². The average molecular weight is 377 g/mol. The molecule has 1 atom stereocenters. The van der Waals surface area contributed by atoms with Crippen molar-refractivity contribution in [3.8, 4) is 0 Å². The maximum Gasteiger partial charge on any atom is 0.416 e. The summed E-state index contributed by atoms with van der Waals surface area (Å²) in [4.78, 5) is 14.2. The van der Waals surface area contributed by atoms with E-state index in [0.29, 0.717) is 11.6 Å². The molecule has 0 saturated heterocycles. The van der Waals surface area contributed by atoms with Gasteiger partial charge >= 0.3 is 6.18 Å². The molecule has 0 saturated carbocycles. The Labute approximate surface area is 156 Å². The van der Waals surface area contributed by atoms with Crippen LogP contribution in [0.3, 0.4) is 0 Å². The summed E-state index contributed by atoms with van der Waals surface area (Å²) in [7, 11) is 0. The normalized spacial score (nSPS) is 15.2. The highest BCUT2D eigenvalue weighted by Crippen LogP contribution is 2.39. The van der Waals surface area contributed by atoms with Crippen molar-refractivity contribution >= 4 is 11.6 Å².